The van der Waals surface area contributed by atoms with Crippen molar-refractivity contribution in [1.29, 1.82) is 0 Å². The van der Waals surface area contributed by atoms with Gasteiger partial charge in [0.2, 0.25) is 0 Å². The Balaban J connectivity index is 2.07. The van der Waals surface area contributed by atoms with Gasteiger partial charge in [0, 0.05) is 23.0 Å². The molecule has 0 radical (unpaired) electrons. The number of rotatable bonds is 3. The van der Waals surface area contributed by atoms with Crippen molar-refractivity contribution < 1.29 is 0 Å². The lowest BCUT2D eigenvalue weighted by Crippen LogP contribution is -2.16. The van der Waals surface area contributed by atoms with E-state index in [-0.39, 0.29) is 5.69 Å². The number of hydrogen-bond donors (Lipinski definition) is 2. The van der Waals surface area contributed by atoms with Gasteiger partial charge < -0.3 is 5.73 Å². The van der Waals surface area contributed by atoms with Crippen LogP contribution in [-0.4, -0.2) is 19.7 Å². The Morgan fingerprint density at radius 2 is 2.25 bits per heavy atom. The molecule has 20 heavy (non-hydrogen) atoms. The summed E-state index contributed by atoms with van der Waals surface area (Å²) >= 11 is 1.37. The number of aromatic amines is 1. The second-order valence-electron chi connectivity index (χ2n) is 4.21. The average molecular weight is 287 g/mol. The predicted octanol–water partition coefficient (Wildman–Crippen LogP) is 1.87. The number of nitrogen functional groups attached to an aromatic ring is 1. The highest BCUT2D eigenvalue weighted by Crippen LogP contribution is 2.34. The zero-order chi connectivity index (χ0) is 14.1. The molecule has 0 spiro atoms. The Bertz CT molecular complexity index is 823. The minimum absolute atomic E-state index is 0.212. The maximum atomic E-state index is 11.5. The fourth-order valence-electron chi connectivity index (χ4n) is 2.00. The number of H-pyrrole nitrogens is 1. The van der Waals surface area contributed by atoms with Gasteiger partial charge in [0.05, 0.1) is 11.2 Å². The highest BCUT2D eigenvalue weighted by atomic mass is 32.2. The van der Waals surface area contributed by atoms with Crippen LogP contribution >= 0.6 is 11.8 Å². The normalized spacial score (nSPS) is 11.1. The summed E-state index contributed by atoms with van der Waals surface area (Å²) in [4.78, 5) is 16.7. The summed E-state index contributed by atoms with van der Waals surface area (Å²) in [6.07, 6.45) is 1.73. The first-order valence-corrected chi connectivity index (χ1v) is 6.98. The van der Waals surface area contributed by atoms with Gasteiger partial charge in [-0.05, 0) is 43.0 Å². The van der Waals surface area contributed by atoms with Crippen LogP contribution in [0, 0.1) is 0 Å². The Kier molecular flexibility index (Phi) is 3.19. The number of hydrogen-bond acceptors (Lipinski definition) is 5. The molecule has 1 aromatic carbocycles. The van der Waals surface area contributed by atoms with Crippen molar-refractivity contribution in [2.75, 3.05) is 5.73 Å². The quantitative estimate of drug-likeness (QED) is 0.718. The van der Waals surface area contributed by atoms with Crippen LogP contribution in [-0.2, 0) is 6.54 Å². The van der Waals surface area contributed by atoms with Gasteiger partial charge >= 0.3 is 5.69 Å². The molecule has 3 aromatic rings. The second-order valence-corrected chi connectivity index (χ2v) is 5.21. The molecule has 7 heteroatoms. The maximum Gasteiger partial charge on any atom is 0.343 e. The highest BCUT2D eigenvalue weighted by molar-refractivity contribution is 7.99. The van der Waals surface area contributed by atoms with Crippen LogP contribution in [0.3, 0.4) is 0 Å². The summed E-state index contributed by atoms with van der Waals surface area (Å²) in [5.74, 6) is 0. The molecule has 3 rings (SSSR count). The Labute approximate surface area is 119 Å². The van der Waals surface area contributed by atoms with Gasteiger partial charge in [-0.3, -0.25) is 9.55 Å². The van der Waals surface area contributed by atoms with Gasteiger partial charge in [0.15, 0.2) is 5.16 Å². The number of nitrogens with zero attached hydrogens (tertiary/aromatic N) is 3. The van der Waals surface area contributed by atoms with Gasteiger partial charge in [-0.15, -0.1) is 5.10 Å². The van der Waals surface area contributed by atoms with Crippen LogP contribution < -0.4 is 11.4 Å². The van der Waals surface area contributed by atoms with Gasteiger partial charge in [-0.2, -0.15) is 0 Å². The van der Waals surface area contributed by atoms with E-state index in [0.717, 1.165) is 15.8 Å². The molecule has 0 saturated carbocycles. The second kappa shape index (κ2) is 5.01. The fraction of sp³-hybridized carbons (Fsp3) is 0.154. The van der Waals surface area contributed by atoms with Crippen molar-refractivity contribution in [2.24, 2.45) is 0 Å². The Morgan fingerprint density at radius 3 is 3.05 bits per heavy atom. The molecule has 0 bridgehead atoms. The van der Waals surface area contributed by atoms with E-state index in [1.165, 1.54) is 11.8 Å². The van der Waals surface area contributed by atoms with Gasteiger partial charge in [0.25, 0.3) is 0 Å². The molecule has 102 valence electrons. The average Bonchev–Trinajstić information content (AvgIpc) is 2.82. The zero-order valence-corrected chi connectivity index (χ0v) is 11.6. The number of fused-ring (bicyclic) bond motifs is 1. The summed E-state index contributed by atoms with van der Waals surface area (Å²) in [7, 11) is 0. The number of benzene rings is 1. The monoisotopic (exact) mass is 287 g/mol. The van der Waals surface area contributed by atoms with E-state index in [4.69, 9.17) is 5.73 Å². The summed E-state index contributed by atoms with van der Waals surface area (Å²) in [5, 5.41) is 7.97. The van der Waals surface area contributed by atoms with Crippen molar-refractivity contribution in [2.45, 2.75) is 23.5 Å². The third kappa shape index (κ3) is 2.05. The first-order valence-electron chi connectivity index (χ1n) is 6.17. The number of aromatic nitrogens is 4. The van der Waals surface area contributed by atoms with Crippen LogP contribution in [0.25, 0.3) is 10.9 Å². The van der Waals surface area contributed by atoms with Crippen LogP contribution in [0.15, 0.2) is 45.3 Å². The molecule has 0 amide bonds. The number of nitrogens with two attached hydrogens (primary N) is 1. The van der Waals surface area contributed by atoms with Crippen molar-refractivity contribution in [3.05, 3.63) is 40.9 Å². The van der Waals surface area contributed by atoms with E-state index in [1.807, 2.05) is 31.2 Å². The van der Waals surface area contributed by atoms with Crippen molar-refractivity contribution in [3.63, 3.8) is 0 Å². The Hall–Kier alpha value is -2.28. The number of nitrogens with one attached hydrogen (secondary N) is 1. The lowest BCUT2D eigenvalue weighted by molar-refractivity contribution is 0.660. The maximum absolute atomic E-state index is 11.5. The molecule has 0 aliphatic heterocycles. The molecule has 0 aliphatic carbocycles. The SMILES string of the molecule is CCn1c(Sc2ccc3ncccc3c2N)n[nH]c1=O. The lowest BCUT2D eigenvalue weighted by Gasteiger charge is -2.08. The zero-order valence-electron chi connectivity index (χ0n) is 10.8. The topological polar surface area (TPSA) is 89.6 Å². The van der Waals surface area contributed by atoms with Crippen molar-refractivity contribution in [3.8, 4) is 0 Å². The number of anilines is 1. The fourth-order valence-corrected chi connectivity index (χ4v) is 2.97. The largest absolute Gasteiger partial charge is 0.397 e. The van der Waals surface area contributed by atoms with E-state index in [0.29, 0.717) is 17.4 Å². The van der Waals surface area contributed by atoms with Crippen molar-refractivity contribution >= 4 is 28.4 Å². The van der Waals surface area contributed by atoms with Crippen LogP contribution in [0.5, 0.6) is 0 Å². The molecule has 0 unspecified atom stereocenters. The molecule has 3 N–H and O–H groups in total. The molecule has 2 heterocycles. The van der Waals surface area contributed by atoms with Crippen molar-refractivity contribution in [1.82, 2.24) is 19.7 Å². The molecule has 0 atom stereocenters. The third-order valence-electron chi connectivity index (χ3n) is 3.03. The third-order valence-corrected chi connectivity index (χ3v) is 4.10. The summed E-state index contributed by atoms with van der Waals surface area (Å²) in [6.45, 7) is 2.46. The standard InChI is InChI=1S/C13H13N5OS/c1-2-18-12(19)16-17-13(18)20-10-6-5-9-8(11(10)14)4-3-7-15-9/h3-7H,2,14H2,1H3,(H,16,19). The van der Waals surface area contributed by atoms with Gasteiger partial charge in [0.1, 0.15) is 0 Å². The lowest BCUT2D eigenvalue weighted by atomic mass is 10.2. The summed E-state index contributed by atoms with van der Waals surface area (Å²) < 4.78 is 1.57. The predicted molar refractivity (Wildman–Crippen MR) is 78.8 cm³/mol. The van der Waals surface area contributed by atoms with E-state index in [9.17, 15) is 4.79 Å². The van der Waals surface area contributed by atoms with E-state index < -0.39 is 0 Å². The molecule has 0 saturated heterocycles. The summed E-state index contributed by atoms with van der Waals surface area (Å²) in [5.41, 5.74) is 7.47. The van der Waals surface area contributed by atoms with Gasteiger partial charge in [-0.25, -0.2) is 9.89 Å². The van der Waals surface area contributed by atoms with Crippen LogP contribution in [0.4, 0.5) is 5.69 Å². The minimum atomic E-state index is -0.212. The van der Waals surface area contributed by atoms with Gasteiger partial charge in [-0.1, -0.05) is 0 Å². The number of pyridine rings is 1. The van der Waals surface area contributed by atoms with Crippen LogP contribution in [0.2, 0.25) is 0 Å². The highest BCUT2D eigenvalue weighted by Gasteiger charge is 2.12. The molecule has 0 aliphatic rings. The Morgan fingerprint density at radius 1 is 1.40 bits per heavy atom. The molecular formula is C13H13N5OS. The van der Waals surface area contributed by atoms with E-state index in [1.54, 1.807) is 10.8 Å². The first-order chi connectivity index (χ1) is 9.70. The smallest absolute Gasteiger partial charge is 0.343 e. The van der Waals surface area contributed by atoms with E-state index >= 15 is 0 Å². The van der Waals surface area contributed by atoms with Crippen LogP contribution in [0.1, 0.15) is 6.92 Å². The summed E-state index contributed by atoms with van der Waals surface area (Å²) in [6, 6.07) is 7.59. The molecule has 0 fully saturated rings. The molecule has 2 aromatic heterocycles. The van der Waals surface area contributed by atoms with E-state index in [2.05, 4.69) is 15.2 Å². The molecule has 6 nitrogen and oxygen atoms in total. The molecular weight excluding hydrogens is 274 g/mol. The minimum Gasteiger partial charge on any atom is -0.397 e. The first kappa shape index (κ1) is 12.7.